The molecule has 1 aliphatic heterocycles. The van der Waals surface area contributed by atoms with Crippen LogP contribution in [0.1, 0.15) is 31.0 Å². The average molecular weight is 412 g/mol. The summed E-state index contributed by atoms with van der Waals surface area (Å²) in [5.74, 6) is 2.20. The van der Waals surface area contributed by atoms with Gasteiger partial charge in [0.05, 0.1) is 17.3 Å². The van der Waals surface area contributed by atoms with Crippen LogP contribution in [0.15, 0.2) is 60.8 Å². The van der Waals surface area contributed by atoms with Crippen LogP contribution < -0.4 is 10.6 Å². The van der Waals surface area contributed by atoms with Gasteiger partial charge in [-0.1, -0.05) is 48.6 Å². The number of nitriles is 1. The Morgan fingerprint density at radius 2 is 1.90 bits per heavy atom. The second kappa shape index (κ2) is 9.28. The minimum absolute atomic E-state index is 0.422. The molecule has 1 unspecified atom stereocenters. The van der Waals surface area contributed by atoms with E-state index in [2.05, 4.69) is 59.5 Å². The first-order valence-corrected chi connectivity index (χ1v) is 10.9. The minimum Gasteiger partial charge on any atom is -0.351 e. The van der Waals surface area contributed by atoms with Gasteiger partial charge in [0.1, 0.15) is 0 Å². The fourth-order valence-electron chi connectivity index (χ4n) is 4.61. The largest absolute Gasteiger partial charge is 0.351 e. The number of fused-ring (bicyclic) bond motifs is 1. The van der Waals surface area contributed by atoms with Gasteiger partial charge < -0.3 is 10.6 Å². The number of anilines is 1. The normalized spacial score (nSPS) is 23.3. The zero-order valence-electron chi connectivity index (χ0n) is 18.2. The molecule has 0 spiro atoms. The molecule has 0 amide bonds. The summed E-state index contributed by atoms with van der Waals surface area (Å²) in [6.07, 6.45) is 9.50. The SMILES string of the molecule is C=C/C(C#N)=C\C=C(/C)c1nc(NC2C[C@H]3CNC[C@H]3C2)ncc1-c1ccc(C)cc1. The quantitative estimate of drug-likeness (QED) is 0.522. The molecule has 1 aliphatic carbocycles. The van der Waals surface area contributed by atoms with Crippen molar-refractivity contribution in [1.29, 1.82) is 5.26 Å². The molecule has 2 N–H and O–H groups in total. The zero-order chi connectivity index (χ0) is 21.8. The van der Waals surface area contributed by atoms with Crippen molar-refractivity contribution in [3.05, 3.63) is 72.1 Å². The molecule has 2 aromatic rings. The van der Waals surface area contributed by atoms with Crippen LogP contribution in [-0.4, -0.2) is 29.1 Å². The maximum Gasteiger partial charge on any atom is 0.223 e. The molecule has 5 nitrogen and oxygen atoms in total. The number of aromatic nitrogens is 2. The first-order chi connectivity index (χ1) is 15.1. The van der Waals surface area contributed by atoms with Crippen molar-refractivity contribution in [2.24, 2.45) is 11.8 Å². The van der Waals surface area contributed by atoms with Crippen molar-refractivity contribution in [2.75, 3.05) is 18.4 Å². The summed E-state index contributed by atoms with van der Waals surface area (Å²) in [6, 6.07) is 11.0. The van der Waals surface area contributed by atoms with Crippen molar-refractivity contribution in [2.45, 2.75) is 32.7 Å². The van der Waals surface area contributed by atoms with Gasteiger partial charge in [-0.3, -0.25) is 0 Å². The molecule has 4 rings (SSSR count). The maximum absolute atomic E-state index is 9.18. The molecule has 31 heavy (non-hydrogen) atoms. The van der Waals surface area contributed by atoms with Gasteiger partial charge in [-0.2, -0.15) is 5.26 Å². The lowest BCUT2D eigenvalue weighted by Gasteiger charge is -2.16. The van der Waals surface area contributed by atoms with E-state index < -0.39 is 0 Å². The summed E-state index contributed by atoms with van der Waals surface area (Å²) in [4.78, 5) is 9.57. The molecule has 2 heterocycles. The van der Waals surface area contributed by atoms with Crippen LogP contribution in [0.5, 0.6) is 0 Å². The first-order valence-electron chi connectivity index (χ1n) is 10.9. The van der Waals surface area contributed by atoms with E-state index in [1.165, 1.54) is 18.4 Å². The molecule has 2 fully saturated rings. The molecule has 3 atom stereocenters. The van der Waals surface area contributed by atoms with Gasteiger partial charge >= 0.3 is 0 Å². The zero-order valence-corrected chi connectivity index (χ0v) is 18.2. The van der Waals surface area contributed by atoms with Crippen molar-refractivity contribution in [3.63, 3.8) is 0 Å². The van der Waals surface area contributed by atoms with E-state index in [4.69, 9.17) is 4.98 Å². The number of hydrogen-bond acceptors (Lipinski definition) is 5. The van der Waals surface area contributed by atoms with Gasteiger partial charge in [0, 0.05) is 17.8 Å². The van der Waals surface area contributed by atoms with Crippen LogP contribution in [0, 0.1) is 30.1 Å². The molecule has 1 aromatic carbocycles. The Balaban J connectivity index is 1.66. The Morgan fingerprint density at radius 3 is 2.55 bits per heavy atom. The summed E-state index contributed by atoms with van der Waals surface area (Å²) in [5.41, 5.74) is 5.65. The lowest BCUT2D eigenvalue weighted by Crippen LogP contribution is -2.22. The molecular weight excluding hydrogens is 382 g/mol. The van der Waals surface area contributed by atoms with Crippen molar-refractivity contribution < 1.29 is 0 Å². The molecule has 1 aromatic heterocycles. The van der Waals surface area contributed by atoms with E-state index in [0.717, 1.165) is 47.3 Å². The third-order valence-corrected chi connectivity index (χ3v) is 6.37. The highest BCUT2D eigenvalue weighted by Crippen LogP contribution is 2.36. The summed E-state index contributed by atoms with van der Waals surface area (Å²) < 4.78 is 0. The summed E-state index contributed by atoms with van der Waals surface area (Å²) >= 11 is 0. The van der Waals surface area contributed by atoms with Crippen LogP contribution in [0.25, 0.3) is 16.7 Å². The Morgan fingerprint density at radius 1 is 1.19 bits per heavy atom. The molecule has 0 radical (unpaired) electrons. The molecule has 2 aliphatic rings. The van der Waals surface area contributed by atoms with Crippen molar-refractivity contribution >= 4 is 11.5 Å². The van der Waals surface area contributed by atoms with Crippen LogP contribution in [0.3, 0.4) is 0 Å². The molecule has 1 saturated heterocycles. The molecule has 158 valence electrons. The second-order valence-electron chi connectivity index (χ2n) is 8.60. The summed E-state index contributed by atoms with van der Waals surface area (Å²) in [6.45, 7) is 10.0. The molecule has 0 bridgehead atoms. The minimum atomic E-state index is 0.422. The van der Waals surface area contributed by atoms with Gasteiger partial charge in [-0.15, -0.1) is 0 Å². The second-order valence-corrected chi connectivity index (χ2v) is 8.60. The van der Waals surface area contributed by atoms with E-state index in [1.54, 1.807) is 12.2 Å². The van der Waals surface area contributed by atoms with Crippen molar-refractivity contribution in [3.8, 4) is 17.2 Å². The van der Waals surface area contributed by atoms with Crippen molar-refractivity contribution in [1.82, 2.24) is 15.3 Å². The lowest BCUT2D eigenvalue weighted by atomic mass is 10.00. The van der Waals surface area contributed by atoms with Gasteiger partial charge in [-0.05, 0) is 68.8 Å². The number of nitrogens with one attached hydrogen (secondary N) is 2. The summed E-state index contributed by atoms with van der Waals surface area (Å²) in [7, 11) is 0. The van der Waals surface area contributed by atoms with Gasteiger partial charge in [0.25, 0.3) is 0 Å². The molecule has 5 heteroatoms. The van der Waals surface area contributed by atoms with Crippen LogP contribution >= 0.6 is 0 Å². The smallest absolute Gasteiger partial charge is 0.223 e. The Hall–Kier alpha value is -3.23. The van der Waals surface area contributed by atoms with Crippen LogP contribution in [0.2, 0.25) is 0 Å². The standard InChI is InChI=1S/C26H29N5/c1-4-19(13-27)8-7-18(3)25-24(20-9-5-17(2)6-10-20)16-29-26(31-25)30-23-11-21-14-28-15-22(21)12-23/h4-10,16,21-23,28H,1,11-12,14-15H2,2-3H3,(H,29,30,31)/b18-7+,19-8+/t21-,22+,23?. The number of aryl methyl sites for hydroxylation is 1. The van der Waals surface area contributed by atoms with E-state index in [0.29, 0.717) is 17.6 Å². The van der Waals surface area contributed by atoms with E-state index >= 15 is 0 Å². The highest BCUT2D eigenvalue weighted by Gasteiger charge is 2.37. The number of nitrogens with zero attached hydrogens (tertiary/aromatic N) is 3. The van der Waals surface area contributed by atoms with Gasteiger partial charge in [0.2, 0.25) is 5.95 Å². The van der Waals surface area contributed by atoms with E-state index in [-0.39, 0.29) is 0 Å². The Labute approximate surface area is 184 Å². The highest BCUT2D eigenvalue weighted by molar-refractivity contribution is 5.79. The predicted molar refractivity (Wildman–Crippen MR) is 126 cm³/mol. The van der Waals surface area contributed by atoms with E-state index in [9.17, 15) is 5.26 Å². The third kappa shape index (κ3) is 4.76. The maximum atomic E-state index is 9.18. The first kappa shape index (κ1) is 21.0. The van der Waals surface area contributed by atoms with Crippen LogP contribution in [-0.2, 0) is 0 Å². The third-order valence-electron chi connectivity index (χ3n) is 6.37. The number of allylic oxidation sites excluding steroid dienone is 5. The molecular formula is C26H29N5. The fraction of sp³-hybridized carbons (Fsp3) is 0.346. The fourth-order valence-corrected chi connectivity index (χ4v) is 4.61. The topological polar surface area (TPSA) is 73.6 Å². The summed E-state index contributed by atoms with van der Waals surface area (Å²) in [5, 5.41) is 16.3. The Kier molecular flexibility index (Phi) is 6.29. The number of rotatable bonds is 6. The average Bonchev–Trinajstić information content (AvgIpc) is 3.37. The van der Waals surface area contributed by atoms with Gasteiger partial charge in [0.15, 0.2) is 0 Å². The lowest BCUT2D eigenvalue weighted by molar-refractivity contribution is 0.494. The number of benzene rings is 1. The van der Waals surface area contributed by atoms with Crippen LogP contribution in [0.4, 0.5) is 5.95 Å². The number of hydrogen-bond donors (Lipinski definition) is 2. The molecule has 1 saturated carbocycles. The highest BCUT2D eigenvalue weighted by atomic mass is 15.1. The van der Waals surface area contributed by atoms with Gasteiger partial charge in [-0.25, -0.2) is 9.97 Å². The van der Waals surface area contributed by atoms with E-state index in [1.807, 2.05) is 19.2 Å². The Bertz CT molecular complexity index is 1050. The monoisotopic (exact) mass is 411 g/mol. The predicted octanol–water partition coefficient (Wildman–Crippen LogP) is 4.90.